The molecule has 1 aromatic rings. The summed E-state index contributed by atoms with van der Waals surface area (Å²) in [6, 6.07) is 0.776. The summed E-state index contributed by atoms with van der Waals surface area (Å²) in [7, 11) is 0. The van der Waals surface area contributed by atoms with E-state index in [0.717, 1.165) is 49.1 Å². The minimum atomic E-state index is -0.0203. The smallest absolute Gasteiger partial charge is 0.256 e. The monoisotopic (exact) mass is 426 g/mol. The maximum atomic E-state index is 12.9. The number of likely N-dealkylation sites (tertiary alicyclic amines) is 1. The highest BCUT2D eigenvalue weighted by molar-refractivity contribution is 5.76. The van der Waals surface area contributed by atoms with Gasteiger partial charge in [0.1, 0.15) is 5.82 Å². The Morgan fingerprint density at radius 3 is 2.39 bits per heavy atom. The number of aromatic nitrogens is 2. The van der Waals surface area contributed by atoms with Crippen LogP contribution in [0.4, 0.5) is 0 Å². The number of nitrogens with one attached hydrogen (secondary N) is 1. The largest absolute Gasteiger partial charge is 0.338 e. The van der Waals surface area contributed by atoms with E-state index in [0.29, 0.717) is 37.8 Å². The summed E-state index contributed by atoms with van der Waals surface area (Å²) in [4.78, 5) is 38.2. The Morgan fingerprint density at radius 2 is 1.65 bits per heavy atom. The van der Waals surface area contributed by atoms with Crippen molar-refractivity contribution in [3.8, 4) is 0 Å². The van der Waals surface area contributed by atoms with Gasteiger partial charge in [0, 0.05) is 31.3 Å². The van der Waals surface area contributed by atoms with Crippen LogP contribution in [0, 0.1) is 5.92 Å². The van der Waals surface area contributed by atoms with Gasteiger partial charge in [-0.3, -0.25) is 9.59 Å². The fourth-order valence-electron chi connectivity index (χ4n) is 6.43. The zero-order valence-corrected chi connectivity index (χ0v) is 18.9. The first-order valence-corrected chi connectivity index (χ1v) is 12.8. The molecule has 6 nitrogen and oxygen atoms in total. The van der Waals surface area contributed by atoms with Crippen LogP contribution in [0.1, 0.15) is 100 Å². The van der Waals surface area contributed by atoms with E-state index in [4.69, 9.17) is 4.98 Å². The van der Waals surface area contributed by atoms with E-state index in [1.807, 2.05) is 4.90 Å². The number of aromatic amines is 1. The van der Waals surface area contributed by atoms with Crippen molar-refractivity contribution in [1.82, 2.24) is 19.8 Å². The first kappa shape index (κ1) is 21.2. The number of carbonyl (C=O) groups excluding carboxylic acids is 1. The quantitative estimate of drug-likeness (QED) is 0.796. The van der Waals surface area contributed by atoms with Gasteiger partial charge in [0.05, 0.1) is 17.8 Å². The minimum Gasteiger partial charge on any atom is -0.338 e. The molecule has 1 amide bonds. The van der Waals surface area contributed by atoms with E-state index in [2.05, 4.69) is 9.88 Å². The standard InChI is InChI=1S/C25H38N4O2/c30-23(16-18-6-4-5-7-18)29-15-12-22-21(17-29)25(31)27-24(26-22)19-10-13-28(14-11-19)20-8-2-1-3-9-20/h18-20H,1-17H2,(H,26,27,31). The highest BCUT2D eigenvalue weighted by Crippen LogP contribution is 2.31. The van der Waals surface area contributed by atoms with E-state index < -0.39 is 0 Å². The van der Waals surface area contributed by atoms with Crippen molar-refractivity contribution < 1.29 is 4.79 Å². The molecule has 3 heterocycles. The molecule has 0 aromatic carbocycles. The van der Waals surface area contributed by atoms with Crippen LogP contribution in [0.3, 0.4) is 0 Å². The highest BCUT2D eigenvalue weighted by atomic mass is 16.2. The molecule has 2 aliphatic heterocycles. The van der Waals surface area contributed by atoms with E-state index in [1.165, 1.54) is 57.8 Å². The fraction of sp³-hybridized carbons (Fsp3) is 0.800. The third kappa shape index (κ3) is 4.74. The molecule has 4 aliphatic rings. The van der Waals surface area contributed by atoms with Gasteiger partial charge in [-0.05, 0) is 57.5 Å². The second-order valence-electron chi connectivity index (χ2n) is 10.4. The van der Waals surface area contributed by atoms with E-state index >= 15 is 0 Å². The summed E-state index contributed by atoms with van der Waals surface area (Å²) in [6.07, 6.45) is 15.3. The first-order chi connectivity index (χ1) is 15.2. The van der Waals surface area contributed by atoms with Crippen LogP contribution in [-0.4, -0.2) is 51.4 Å². The topological polar surface area (TPSA) is 69.3 Å². The lowest BCUT2D eigenvalue weighted by Crippen LogP contribution is -2.43. The van der Waals surface area contributed by atoms with E-state index in [1.54, 1.807) is 0 Å². The molecule has 0 radical (unpaired) electrons. The number of hydrogen-bond acceptors (Lipinski definition) is 4. The van der Waals surface area contributed by atoms with Gasteiger partial charge in [-0.1, -0.05) is 32.1 Å². The molecule has 1 saturated heterocycles. The molecular weight excluding hydrogens is 388 g/mol. The van der Waals surface area contributed by atoms with Crippen LogP contribution < -0.4 is 5.56 Å². The van der Waals surface area contributed by atoms with Crippen molar-refractivity contribution in [2.75, 3.05) is 19.6 Å². The Kier molecular flexibility index (Phi) is 6.44. The molecule has 2 saturated carbocycles. The predicted molar refractivity (Wildman–Crippen MR) is 121 cm³/mol. The van der Waals surface area contributed by atoms with Crippen molar-refractivity contribution >= 4 is 5.91 Å². The number of carbonyl (C=O) groups is 1. The average molecular weight is 427 g/mol. The maximum absolute atomic E-state index is 12.9. The summed E-state index contributed by atoms with van der Waals surface area (Å²) >= 11 is 0. The maximum Gasteiger partial charge on any atom is 0.256 e. The lowest BCUT2D eigenvalue weighted by Gasteiger charge is -2.39. The number of H-pyrrole nitrogens is 1. The molecule has 2 aliphatic carbocycles. The molecular formula is C25H38N4O2. The van der Waals surface area contributed by atoms with Crippen LogP contribution in [0.2, 0.25) is 0 Å². The lowest BCUT2D eigenvalue weighted by molar-refractivity contribution is -0.133. The van der Waals surface area contributed by atoms with Gasteiger partial charge in [0.15, 0.2) is 0 Å². The Balaban J connectivity index is 1.21. The zero-order valence-electron chi connectivity index (χ0n) is 18.9. The van der Waals surface area contributed by atoms with Crippen molar-refractivity contribution in [2.24, 2.45) is 5.92 Å². The molecule has 0 atom stereocenters. The van der Waals surface area contributed by atoms with Gasteiger partial charge >= 0.3 is 0 Å². The number of amides is 1. The third-order valence-electron chi connectivity index (χ3n) is 8.39. The van der Waals surface area contributed by atoms with Crippen molar-refractivity contribution in [2.45, 2.75) is 102 Å². The second kappa shape index (κ2) is 9.43. The molecule has 1 N–H and O–H groups in total. The Bertz CT molecular complexity index is 830. The van der Waals surface area contributed by atoms with Crippen molar-refractivity contribution in [1.29, 1.82) is 0 Å². The average Bonchev–Trinajstić information content (AvgIpc) is 3.32. The molecule has 3 fully saturated rings. The van der Waals surface area contributed by atoms with Crippen LogP contribution >= 0.6 is 0 Å². The number of piperidine rings is 1. The molecule has 1 aromatic heterocycles. The Morgan fingerprint density at radius 1 is 0.935 bits per heavy atom. The molecule has 31 heavy (non-hydrogen) atoms. The van der Waals surface area contributed by atoms with Gasteiger partial charge in [-0.2, -0.15) is 0 Å². The second-order valence-corrected chi connectivity index (χ2v) is 10.4. The lowest BCUT2D eigenvalue weighted by atomic mass is 9.89. The van der Waals surface area contributed by atoms with Crippen LogP contribution in [-0.2, 0) is 17.8 Å². The molecule has 0 bridgehead atoms. The molecule has 5 rings (SSSR count). The van der Waals surface area contributed by atoms with Gasteiger partial charge in [-0.25, -0.2) is 4.98 Å². The summed E-state index contributed by atoms with van der Waals surface area (Å²) in [5, 5.41) is 0. The zero-order chi connectivity index (χ0) is 21.2. The van der Waals surface area contributed by atoms with Gasteiger partial charge in [-0.15, -0.1) is 0 Å². The molecule has 6 heteroatoms. The SMILES string of the molecule is O=C(CC1CCCC1)N1CCc2nc(C3CCN(C4CCCCC4)CC3)[nH]c(=O)c2C1. The van der Waals surface area contributed by atoms with Crippen LogP contribution in [0.5, 0.6) is 0 Å². The third-order valence-corrected chi connectivity index (χ3v) is 8.39. The first-order valence-electron chi connectivity index (χ1n) is 12.8. The highest BCUT2D eigenvalue weighted by Gasteiger charge is 2.30. The van der Waals surface area contributed by atoms with Gasteiger partial charge in [0.2, 0.25) is 5.91 Å². The summed E-state index contributed by atoms with van der Waals surface area (Å²) in [6.45, 7) is 3.39. The predicted octanol–water partition coefficient (Wildman–Crippen LogP) is 3.75. The summed E-state index contributed by atoms with van der Waals surface area (Å²) < 4.78 is 0. The van der Waals surface area contributed by atoms with Gasteiger partial charge in [0.25, 0.3) is 5.56 Å². The Labute approximate surface area is 185 Å². The molecule has 170 valence electrons. The Hall–Kier alpha value is -1.69. The number of fused-ring (bicyclic) bond motifs is 1. The van der Waals surface area contributed by atoms with Crippen molar-refractivity contribution in [3.05, 3.63) is 27.4 Å². The van der Waals surface area contributed by atoms with E-state index in [9.17, 15) is 9.59 Å². The summed E-state index contributed by atoms with van der Waals surface area (Å²) in [5.41, 5.74) is 1.63. The van der Waals surface area contributed by atoms with Crippen LogP contribution in [0.15, 0.2) is 4.79 Å². The van der Waals surface area contributed by atoms with E-state index in [-0.39, 0.29) is 11.5 Å². The fourth-order valence-corrected chi connectivity index (χ4v) is 6.43. The number of rotatable bonds is 4. The normalized spacial score (nSPS) is 24.5. The van der Waals surface area contributed by atoms with Crippen molar-refractivity contribution in [3.63, 3.8) is 0 Å². The summed E-state index contributed by atoms with van der Waals surface area (Å²) in [5.74, 6) is 2.01. The molecule has 0 unspecified atom stereocenters. The van der Waals surface area contributed by atoms with Gasteiger partial charge < -0.3 is 14.8 Å². The minimum absolute atomic E-state index is 0.0203. The molecule has 0 spiro atoms. The van der Waals surface area contributed by atoms with Crippen LogP contribution in [0.25, 0.3) is 0 Å². The number of nitrogens with zero attached hydrogens (tertiary/aromatic N) is 3. The number of hydrogen-bond donors (Lipinski definition) is 1.